The molecule has 0 aliphatic rings. The molecule has 2 aromatic rings. The van der Waals surface area contributed by atoms with Crippen LogP contribution in [0.4, 0.5) is 8.78 Å². The first kappa shape index (κ1) is 12.6. The van der Waals surface area contributed by atoms with E-state index in [1.54, 1.807) is 24.3 Å². The van der Waals surface area contributed by atoms with Crippen LogP contribution in [-0.4, -0.2) is 11.7 Å². The molecule has 1 atom stereocenters. The van der Waals surface area contributed by atoms with E-state index in [0.29, 0.717) is 5.56 Å². The van der Waals surface area contributed by atoms with E-state index in [1.807, 2.05) is 0 Å². The Labute approximate surface area is 103 Å². The number of ether oxygens (including phenoxy) is 1. The number of para-hydroxylation sites is 1. The number of furan rings is 1. The zero-order chi connectivity index (χ0) is 13.0. The minimum Gasteiger partial charge on any atom is -0.472 e. The molecule has 0 spiro atoms. The van der Waals surface area contributed by atoms with Gasteiger partial charge in [-0.05, 0) is 17.7 Å². The first-order chi connectivity index (χ1) is 8.66. The Morgan fingerprint density at radius 3 is 2.67 bits per heavy atom. The second kappa shape index (κ2) is 5.64. The summed E-state index contributed by atoms with van der Waals surface area (Å²) in [6, 6.07) is 7.90. The third-order valence-corrected chi connectivity index (χ3v) is 2.50. The summed E-state index contributed by atoms with van der Waals surface area (Å²) in [6.45, 7) is -2.91. The number of aliphatic hydroxyl groups is 1. The molecule has 1 heterocycles. The Kier molecular flexibility index (Phi) is 3.94. The highest BCUT2D eigenvalue weighted by Crippen LogP contribution is 2.28. The van der Waals surface area contributed by atoms with E-state index in [-0.39, 0.29) is 12.2 Å². The van der Waals surface area contributed by atoms with Crippen LogP contribution < -0.4 is 4.74 Å². The van der Waals surface area contributed by atoms with Gasteiger partial charge in [0.2, 0.25) is 0 Å². The summed E-state index contributed by atoms with van der Waals surface area (Å²) >= 11 is 0. The van der Waals surface area contributed by atoms with E-state index < -0.39 is 12.7 Å². The third kappa shape index (κ3) is 3.07. The molecule has 0 bridgehead atoms. The highest BCUT2D eigenvalue weighted by molar-refractivity contribution is 5.35. The number of benzene rings is 1. The SMILES string of the molecule is OC(Cc1ccoc1)c1ccccc1OC(F)F. The zero-order valence-electron chi connectivity index (χ0n) is 9.42. The van der Waals surface area contributed by atoms with Crippen LogP contribution in [0.25, 0.3) is 0 Å². The van der Waals surface area contributed by atoms with Gasteiger partial charge >= 0.3 is 6.61 Å². The van der Waals surface area contributed by atoms with Crippen molar-refractivity contribution in [2.24, 2.45) is 0 Å². The summed E-state index contributed by atoms with van der Waals surface area (Å²) in [5.74, 6) is -0.0107. The molecular formula is C13H12F2O3. The predicted molar refractivity (Wildman–Crippen MR) is 60.4 cm³/mol. The number of aliphatic hydroxyl groups excluding tert-OH is 1. The minimum absolute atomic E-state index is 0.0107. The van der Waals surface area contributed by atoms with Gasteiger partial charge < -0.3 is 14.3 Å². The van der Waals surface area contributed by atoms with Gasteiger partial charge in [-0.15, -0.1) is 0 Å². The summed E-state index contributed by atoms with van der Waals surface area (Å²) in [5.41, 5.74) is 1.12. The first-order valence-corrected chi connectivity index (χ1v) is 5.39. The molecule has 1 aromatic carbocycles. The topological polar surface area (TPSA) is 42.6 Å². The van der Waals surface area contributed by atoms with Gasteiger partial charge in [-0.25, -0.2) is 0 Å². The van der Waals surface area contributed by atoms with Crippen LogP contribution >= 0.6 is 0 Å². The molecule has 3 nitrogen and oxygen atoms in total. The van der Waals surface area contributed by atoms with Crippen molar-refractivity contribution < 1.29 is 23.0 Å². The van der Waals surface area contributed by atoms with Gasteiger partial charge in [-0.3, -0.25) is 0 Å². The van der Waals surface area contributed by atoms with Crippen LogP contribution in [0, 0.1) is 0 Å². The van der Waals surface area contributed by atoms with E-state index in [2.05, 4.69) is 4.74 Å². The van der Waals surface area contributed by atoms with Gasteiger partial charge in [0.15, 0.2) is 0 Å². The molecule has 0 aliphatic carbocycles. The fourth-order valence-corrected chi connectivity index (χ4v) is 1.70. The maximum atomic E-state index is 12.2. The van der Waals surface area contributed by atoms with Crippen molar-refractivity contribution in [3.63, 3.8) is 0 Å². The quantitative estimate of drug-likeness (QED) is 0.891. The van der Waals surface area contributed by atoms with Crippen molar-refractivity contribution in [3.8, 4) is 5.75 Å². The van der Waals surface area contributed by atoms with E-state index in [4.69, 9.17) is 4.42 Å². The second-order valence-corrected chi connectivity index (χ2v) is 3.77. The molecule has 1 N–H and O–H groups in total. The second-order valence-electron chi connectivity index (χ2n) is 3.77. The van der Waals surface area contributed by atoms with Gasteiger partial charge in [0, 0.05) is 12.0 Å². The first-order valence-electron chi connectivity index (χ1n) is 5.39. The molecule has 1 unspecified atom stereocenters. The molecule has 5 heteroatoms. The standard InChI is InChI=1S/C13H12F2O3/c14-13(15)18-12-4-2-1-3-10(12)11(16)7-9-5-6-17-8-9/h1-6,8,11,13,16H,7H2. The lowest BCUT2D eigenvalue weighted by Crippen LogP contribution is -2.08. The Balaban J connectivity index is 2.16. The molecule has 0 saturated heterocycles. The van der Waals surface area contributed by atoms with Crippen molar-refractivity contribution in [2.75, 3.05) is 0 Å². The molecule has 18 heavy (non-hydrogen) atoms. The Bertz CT molecular complexity index is 483. The van der Waals surface area contributed by atoms with E-state index in [1.165, 1.54) is 18.6 Å². The summed E-state index contributed by atoms with van der Waals surface area (Å²) in [6.07, 6.45) is 2.35. The van der Waals surface area contributed by atoms with Crippen LogP contribution in [0.3, 0.4) is 0 Å². The lowest BCUT2D eigenvalue weighted by molar-refractivity contribution is -0.0515. The number of hydrogen-bond acceptors (Lipinski definition) is 3. The average molecular weight is 254 g/mol. The van der Waals surface area contributed by atoms with Crippen LogP contribution in [0.5, 0.6) is 5.75 Å². The molecule has 0 aliphatic heterocycles. The summed E-state index contributed by atoms with van der Waals surface area (Å²) < 4.78 is 33.7. The fraction of sp³-hybridized carbons (Fsp3) is 0.231. The molecule has 0 fully saturated rings. The van der Waals surface area contributed by atoms with E-state index in [9.17, 15) is 13.9 Å². The maximum absolute atomic E-state index is 12.2. The normalized spacial score (nSPS) is 12.7. The molecular weight excluding hydrogens is 242 g/mol. The highest BCUT2D eigenvalue weighted by atomic mass is 19.3. The van der Waals surface area contributed by atoms with Gasteiger partial charge in [-0.1, -0.05) is 18.2 Å². The monoisotopic (exact) mass is 254 g/mol. The van der Waals surface area contributed by atoms with Crippen molar-refractivity contribution in [3.05, 3.63) is 54.0 Å². The number of alkyl halides is 2. The number of hydrogen-bond donors (Lipinski definition) is 1. The molecule has 1 aromatic heterocycles. The van der Waals surface area contributed by atoms with Gasteiger partial charge in [0.25, 0.3) is 0 Å². The van der Waals surface area contributed by atoms with Crippen LogP contribution in [0.2, 0.25) is 0 Å². The average Bonchev–Trinajstić information content (AvgIpc) is 2.81. The molecule has 96 valence electrons. The van der Waals surface area contributed by atoms with Gasteiger partial charge in [0.1, 0.15) is 5.75 Å². The van der Waals surface area contributed by atoms with Crippen LogP contribution in [-0.2, 0) is 6.42 Å². The van der Waals surface area contributed by atoms with Crippen LogP contribution in [0.1, 0.15) is 17.2 Å². The number of rotatable bonds is 5. The fourth-order valence-electron chi connectivity index (χ4n) is 1.70. The van der Waals surface area contributed by atoms with Gasteiger partial charge in [0.05, 0.1) is 18.6 Å². The highest BCUT2D eigenvalue weighted by Gasteiger charge is 2.16. The zero-order valence-corrected chi connectivity index (χ0v) is 9.42. The van der Waals surface area contributed by atoms with E-state index >= 15 is 0 Å². The molecule has 0 radical (unpaired) electrons. The largest absolute Gasteiger partial charge is 0.472 e. The Morgan fingerprint density at radius 2 is 2.00 bits per heavy atom. The smallest absolute Gasteiger partial charge is 0.387 e. The van der Waals surface area contributed by atoms with Crippen molar-refractivity contribution in [2.45, 2.75) is 19.1 Å². The molecule has 2 rings (SSSR count). The molecule has 0 amide bonds. The van der Waals surface area contributed by atoms with Crippen molar-refractivity contribution in [1.82, 2.24) is 0 Å². The third-order valence-electron chi connectivity index (χ3n) is 2.50. The lowest BCUT2D eigenvalue weighted by atomic mass is 10.0. The maximum Gasteiger partial charge on any atom is 0.387 e. The summed E-state index contributed by atoms with van der Waals surface area (Å²) in [4.78, 5) is 0. The van der Waals surface area contributed by atoms with Crippen molar-refractivity contribution in [1.29, 1.82) is 0 Å². The van der Waals surface area contributed by atoms with Gasteiger partial charge in [-0.2, -0.15) is 8.78 Å². The Hall–Kier alpha value is -1.88. The number of halogens is 2. The minimum atomic E-state index is -2.91. The Morgan fingerprint density at radius 1 is 1.22 bits per heavy atom. The van der Waals surface area contributed by atoms with Crippen LogP contribution in [0.15, 0.2) is 47.3 Å². The van der Waals surface area contributed by atoms with E-state index in [0.717, 1.165) is 5.56 Å². The molecule has 0 saturated carbocycles. The lowest BCUT2D eigenvalue weighted by Gasteiger charge is -2.15. The summed E-state index contributed by atoms with van der Waals surface area (Å²) in [5, 5.41) is 10.0. The van der Waals surface area contributed by atoms with Crippen molar-refractivity contribution >= 4 is 0 Å². The predicted octanol–water partition coefficient (Wildman–Crippen LogP) is 3.16. The summed E-state index contributed by atoms with van der Waals surface area (Å²) in [7, 11) is 0.